The van der Waals surface area contributed by atoms with E-state index >= 15 is 0 Å². The Labute approximate surface area is 155 Å². The summed E-state index contributed by atoms with van der Waals surface area (Å²) in [6, 6.07) is 5.71. The fraction of sp³-hybridized carbons (Fsp3) is 0.611. The van der Waals surface area contributed by atoms with E-state index < -0.39 is 10.0 Å². The van der Waals surface area contributed by atoms with E-state index in [1.165, 1.54) is 4.31 Å². The Hall–Kier alpha value is -1.64. The molecule has 0 spiro atoms. The molecule has 1 heterocycles. The van der Waals surface area contributed by atoms with Gasteiger partial charge in [0.1, 0.15) is 5.75 Å². The minimum absolute atomic E-state index is 0.0531. The first-order valence-electron chi connectivity index (χ1n) is 8.77. The van der Waals surface area contributed by atoms with Crippen LogP contribution in [0.2, 0.25) is 0 Å². The monoisotopic (exact) mass is 384 g/mol. The Bertz CT molecular complexity index is 725. The number of hydrogen-bond donors (Lipinski definition) is 1. The molecule has 2 atom stereocenters. The van der Waals surface area contributed by atoms with E-state index in [2.05, 4.69) is 5.32 Å². The molecule has 1 amide bonds. The van der Waals surface area contributed by atoms with Gasteiger partial charge in [0, 0.05) is 19.6 Å². The van der Waals surface area contributed by atoms with E-state index in [9.17, 15) is 13.2 Å². The summed E-state index contributed by atoms with van der Waals surface area (Å²) in [5, 5.41) is 2.60. The molecule has 0 bridgehead atoms. The molecule has 146 valence electrons. The van der Waals surface area contributed by atoms with Gasteiger partial charge in [-0.3, -0.25) is 4.79 Å². The van der Waals surface area contributed by atoms with Crippen LogP contribution in [0.15, 0.2) is 18.2 Å². The number of amides is 1. The lowest BCUT2D eigenvalue weighted by Gasteiger charge is -2.34. The summed E-state index contributed by atoms with van der Waals surface area (Å²) in [7, 11) is -3.43. The predicted octanol–water partition coefficient (Wildman–Crippen LogP) is 1.24. The highest BCUT2D eigenvalue weighted by atomic mass is 32.2. The zero-order valence-electron chi connectivity index (χ0n) is 15.8. The minimum Gasteiger partial charge on any atom is -0.484 e. The molecule has 2 rings (SSSR count). The molecular weight excluding hydrogens is 356 g/mol. The largest absolute Gasteiger partial charge is 0.484 e. The summed E-state index contributed by atoms with van der Waals surface area (Å²) < 4.78 is 37.3. The number of benzene rings is 1. The maximum Gasteiger partial charge on any atom is 0.257 e. The van der Waals surface area contributed by atoms with E-state index in [1.807, 2.05) is 45.9 Å². The number of nitrogens with one attached hydrogen (secondary N) is 1. The second-order valence-corrected chi connectivity index (χ2v) is 8.89. The Morgan fingerprint density at radius 2 is 1.92 bits per heavy atom. The van der Waals surface area contributed by atoms with Gasteiger partial charge in [-0.1, -0.05) is 17.7 Å². The molecule has 0 radical (unpaired) electrons. The SMILES string of the molecule is Cc1ccc(OCC(=O)NCCS(=O)(=O)N2CC(C)OC(C)C2)c(C)c1. The molecule has 0 saturated carbocycles. The average molecular weight is 384 g/mol. The molecule has 1 saturated heterocycles. The Morgan fingerprint density at radius 3 is 2.54 bits per heavy atom. The molecule has 1 aliphatic rings. The van der Waals surface area contributed by atoms with Crippen LogP contribution in [-0.4, -0.2) is 62.8 Å². The first-order chi connectivity index (χ1) is 12.2. The summed E-state index contributed by atoms with van der Waals surface area (Å²) >= 11 is 0. The van der Waals surface area contributed by atoms with E-state index in [4.69, 9.17) is 9.47 Å². The normalized spacial score (nSPS) is 21.4. The molecule has 26 heavy (non-hydrogen) atoms. The van der Waals surface area contributed by atoms with Gasteiger partial charge in [-0.2, -0.15) is 4.31 Å². The second kappa shape index (κ2) is 8.83. The fourth-order valence-corrected chi connectivity index (χ4v) is 4.45. The standard InChI is InChI=1S/C18H28N2O5S/c1-13-5-6-17(14(2)9-13)24-12-18(21)19-7-8-26(22,23)20-10-15(3)25-16(4)11-20/h5-6,9,15-16H,7-8,10-12H2,1-4H3,(H,19,21). The molecule has 8 heteroatoms. The molecule has 1 fully saturated rings. The Kier molecular flexibility index (Phi) is 7.02. The van der Waals surface area contributed by atoms with Crippen LogP contribution in [-0.2, 0) is 19.6 Å². The van der Waals surface area contributed by atoms with Gasteiger partial charge in [0.05, 0.1) is 18.0 Å². The molecule has 1 aromatic rings. The summed E-state index contributed by atoms with van der Waals surface area (Å²) in [5.41, 5.74) is 2.08. The van der Waals surface area contributed by atoms with Crippen molar-refractivity contribution in [3.63, 3.8) is 0 Å². The number of morpholine rings is 1. The maximum absolute atomic E-state index is 12.4. The van der Waals surface area contributed by atoms with E-state index in [1.54, 1.807) is 0 Å². The van der Waals surface area contributed by atoms with Crippen molar-refractivity contribution in [2.24, 2.45) is 0 Å². The molecule has 2 unspecified atom stereocenters. The number of nitrogens with zero attached hydrogens (tertiary/aromatic N) is 1. The third-order valence-electron chi connectivity index (χ3n) is 4.15. The summed E-state index contributed by atoms with van der Waals surface area (Å²) in [6.45, 7) is 8.20. The third-order valence-corrected chi connectivity index (χ3v) is 5.96. The van der Waals surface area contributed by atoms with Gasteiger partial charge in [-0.05, 0) is 39.3 Å². The van der Waals surface area contributed by atoms with Crippen LogP contribution in [0.1, 0.15) is 25.0 Å². The molecule has 7 nitrogen and oxygen atoms in total. The Morgan fingerprint density at radius 1 is 1.27 bits per heavy atom. The van der Waals surface area contributed by atoms with Crippen LogP contribution in [0, 0.1) is 13.8 Å². The third kappa shape index (κ3) is 5.96. The van der Waals surface area contributed by atoms with Gasteiger partial charge in [0.25, 0.3) is 5.91 Å². The zero-order chi connectivity index (χ0) is 19.3. The number of carbonyl (C=O) groups is 1. The molecule has 1 aromatic carbocycles. The lowest BCUT2D eigenvalue weighted by molar-refractivity contribution is -0.122. The van der Waals surface area contributed by atoms with Crippen LogP contribution >= 0.6 is 0 Å². The topological polar surface area (TPSA) is 84.9 Å². The minimum atomic E-state index is -3.43. The van der Waals surface area contributed by atoms with E-state index in [0.29, 0.717) is 18.8 Å². The molecule has 1 aliphatic heterocycles. The summed E-state index contributed by atoms with van der Waals surface area (Å²) in [5.74, 6) is 0.167. The van der Waals surface area contributed by atoms with Crippen LogP contribution < -0.4 is 10.1 Å². The molecular formula is C18H28N2O5S. The Balaban J connectivity index is 1.76. The lowest BCUT2D eigenvalue weighted by Crippen LogP contribution is -2.49. The van der Waals surface area contributed by atoms with Crippen molar-refractivity contribution < 1.29 is 22.7 Å². The van der Waals surface area contributed by atoms with Gasteiger partial charge >= 0.3 is 0 Å². The fourth-order valence-electron chi connectivity index (χ4n) is 2.96. The van der Waals surface area contributed by atoms with Crippen molar-refractivity contribution in [3.05, 3.63) is 29.3 Å². The van der Waals surface area contributed by atoms with Crippen molar-refractivity contribution in [1.29, 1.82) is 0 Å². The van der Waals surface area contributed by atoms with Gasteiger partial charge in [-0.25, -0.2) is 8.42 Å². The summed E-state index contributed by atoms with van der Waals surface area (Å²) in [6.07, 6.45) is -0.261. The van der Waals surface area contributed by atoms with Crippen molar-refractivity contribution in [2.75, 3.05) is 32.0 Å². The zero-order valence-corrected chi connectivity index (χ0v) is 16.6. The quantitative estimate of drug-likeness (QED) is 0.764. The van der Waals surface area contributed by atoms with Gasteiger partial charge < -0.3 is 14.8 Å². The first kappa shape index (κ1) is 20.7. The lowest BCUT2D eigenvalue weighted by atomic mass is 10.1. The number of aryl methyl sites for hydroxylation is 2. The second-order valence-electron chi connectivity index (χ2n) is 6.80. The first-order valence-corrected chi connectivity index (χ1v) is 10.4. The van der Waals surface area contributed by atoms with Crippen LogP contribution in [0.5, 0.6) is 5.75 Å². The predicted molar refractivity (Wildman–Crippen MR) is 99.8 cm³/mol. The van der Waals surface area contributed by atoms with Crippen LogP contribution in [0.25, 0.3) is 0 Å². The van der Waals surface area contributed by atoms with Crippen molar-refractivity contribution in [1.82, 2.24) is 9.62 Å². The summed E-state index contributed by atoms with van der Waals surface area (Å²) in [4.78, 5) is 11.9. The number of rotatable bonds is 7. The van der Waals surface area contributed by atoms with Gasteiger partial charge in [0.2, 0.25) is 10.0 Å². The van der Waals surface area contributed by atoms with E-state index in [-0.39, 0.29) is 37.0 Å². The smallest absolute Gasteiger partial charge is 0.257 e. The van der Waals surface area contributed by atoms with Gasteiger partial charge in [0.15, 0.2) is 6.61 Å². The highest BCUT2D eigenvalue weighted by molar-refractivity contribution is 7.89. The van der Waals surface area contributed by atoms with Gasteiger partial charge in [-0.15, -0.1) is 0 Å². The number of hydrogen-bond acceptors (Lipinski definition) is 5. The van der Waals surface area contributed by atoms with Crippen molar-refractivity contribution >= 4 is 15.9 Å². The van der Waals surface area contributed by atoms with Crippen LogP contribution in [0.3, 0.4) is 0 Å². The number of carbonyl (C=O) groups excluding carboxylic acids is 1. The highest BCUT2D eigenvalue weighted by Crippen LogP contribution is 2.18. The van der Waals surface area contributed by atoms with Crippen molar-refractivity contribution in [2.45, 2.75) is 39.9 Å². The van der Waals surface area contributed by atoms with Crippen LogP contribution in [0.4, 0.5) is 0 Å². The molecule has 0 aromatic heterocycles. The number of ether oxygens (including phenoxy) is 2. The maximum atomic E-state index is 12.4. The van der Waals surface area contributed by atoms with Crippen molar-refractivity contribution in [3.8, 4) is 5.75 Å². The number of sulfonamides is 1. The molecule has 1 N–H and O–H groups in total. The van der Waals surface area contributed by atoms with E-state index in [0.717, 1.165) is 11.1 Å². The average Bonchev–Trinajstić information content (AvgIpc) is 2.53. The molecule has 0 aliphatic carbocycles. The highest BCUT2D eigenvalue weighted by Gasteiger charge is 2.30.